The summed E-state index contributed by atoms with van der Waals surface area (Å²) < 4.78 is 36.7. The number of anilines is 1. The van der Waals surface area contributed by atoms with Gasteiger partial charge in [0.1, 0.15) is 0 Å². The highest BCUT2D eigenvalue weighted by molar-refractivity contribution is 7.89. The number of hydrogen-bond acceptors (Lipinski definition) is 5. The van der Waals surface area contributed by atoms with Crippen LogP contribution in [0.5, 0.6) is 0 Å². The molecule has 0 aliphatic heterocycles. The lowest BCUT2D eigenvalue weighted by molar-refractivity contribution is 0.164. The number of hydrogen-bond donors (Lipinski definition) is 1. The highest BCUT2D eigenvalue weighted by atomic mass is 32.2. The van der Waals surface area contributed by atoms with E-state index in [1.165, 1.54) is 10.4 Å². The molecule has 6 nitrogen and oxygen atoms in total. The lowest BCUT2D eigenvalue weighted by Crippen LogP contribution is -2.35. The quantitative estimate of drug-likeness (QED) is 0.548. The highest BCUT2D eigenvalue weighted by Crippen LogP contribution is 2.21. The molecule has 0 radical (unpaired) electrons. The first kappa shape index (κ1) is 17.9. The second-order valence-corrected chi connectivity index (χ2v) is 6.70. The molecule has 1 aromatic carbocycles. The van der Waals surface area contributed by atoms with Crippen molar-refractivity contribution in [1.82, 2.24) is 4.31 Å². The Bertz CT molecular complexity index is 546. The van der Waals surface area contributed by atoms with E-state index in [0.717, 1.165) is 5.56 Å². The molecule has 0 unspecified atom stereocenters. The maximum absolute atomic E-state index is 12.7. The summed E-state index contributed by atoms with van der Waals surface area (Å²) in [6, 6.07) is 4.80. The molecular weight excluding hydrogens is 292 g/mol. The molecule has 0 spiro atoms. The molecule has 0 atom stereocenters. The molecule has 0 heterocycles. The number of methoxy groups -OCH3 is 2. The van der Waals surface area contributed by atoms with Crippen molar-refractivity contribution in [1.29, 1.82) is 0 Å². The van der Waals surface area contributed by atoms with Gasteiger partial charge in [-0.05, 0) is 31.0 Å². The van der Waals surface area contributed by atoms with Gasteiger partial charge in [-0.25, -0.2) is 8.42 Å². The second kappa shape index (κ2) is 8.33. The maximum Gasteiger partial charge on any atom is 0.243 e. The van der Waals surface area contributed by atoms with Gasteiger partial charge in [0.25, 0.3) is 0 Å². The number of benzene rings is 1. The van der Waals surface area contributed by atoms with Crippen molar-refractivity contribution in [3.63, 3.8) is 0 Å². The Labute approximate surface area is 126 Å². The van der Waals surface area contributed by atoms with Crippen LogP contribution < -0.4 is 5.73 Å². The predicted octanol–water partition coefficient (Wildman–Crippen LogP) is 1.25. The molecular formula is C14H24N2O4S. The Morgan fingerprint density at radius 1 is 1.14 bits per heavy atom. The van der Waals surface area contributed by atoms with Gasteiger partial charge in [-0.1, -0.05) is 6.07 Å². The average molecular weight is 316 g/mol. The van der Waals surface area contributed by atoms with E-state index in [-0.39, 0.29) is 4.90 Å². The smallest absolute Gasteiger partial charge is 0.243 e. The third-order valence-corrected chi connectivity index (χ3v) is 5.08. The first-order valence-corrected chi connectivity index (χ1v) is 8.21. The molecule has 21 heavy (non-hydrogen) atoms. The van der Waals surface area contributed by atoms with Gasteiger partial charge in [0.15, 0.2) is 0 Å². The van der Waals surface area contributed by atoms with Crippen LogP contribution in [0.15, 0.2) is 23.1 Å². The molecule has 1 aromatic rings. The summed E-state index contributed by atoms with van der Waals surface area (Å²) in [6.07, 6.45) is 0.626. The van der Waals surface area contributed by atoms with Crippen LogP contribution in [0.25, 0.3) is 0 Å². The van der Waals surface area contributed by atoms with Crippen LogP contribution in [0.2, 0.25) is 0 Å². The molecule has 0 aromatic heterocycles. The molecule has 7 heteroatoms. The molecule has 0 amide bonds. The Balaban J connectivity index is 2.98. The van der Waals surface area contributed by atoms with Crippen LogP contribution in [0.1, 0.15) is 12.0 Å². The largest absolute Gasteiger partial charge is 0.398 e. The van der Waals surface area contributed by atoms with Crippen molar-refractivity contribution >= 4 is 15.7 Å². The summed E-state index contributed by atoms with van der Waals surface area (Å²) >= 11 is 0. The van der Waals surface area contributed by atoms with Crippen LogP contribution in [0.3, 0.4) is 0 Å². The molecule has 0 saturated carbocycles. The number of aryl methyl sites for hydroxylation is 1. The van der Waals surface area contributed by atoms with Gasteiger partial charge in [0.05, 0.1) is 11.5 Å². The number of nitrogens with two attached hydrogens (primary N) is 1. The van der Waals surface area contributed by atoms with E-state index < -0.39 is 10.0 Å². The van der Waals surface area contributed by atoms with Crippen molar-refractivity contribution in [2.24, 2.45) is 0 Å². The maximum atomic E-state index is 12.7. The first-order valence-electron chi connectivity index (χ1n) is 6.77. The number of rotatable bonds is 9. The fourth-order valence-corrected chi connectivity index (χ4v) is 3.36. The minimum absolute atomic E-state index is 0.208. The number of nitrogen functional groups attached to an aromatic ring is 1. The molecule has 1 rings (SSSR count). The monoisotopic (exact) mass is 316 g/mol. The summed E-state index contributed by atoms with van der Waals surface area (Å²) in [4.78, 5) is 0.208. The van der Waals surface area contributed by atoms with Crippen molar-refractivity contribution in [2.45, 2.75) is 18.2 Å². The van der Waals surface area contributed by atoms with E-state index in [1.54, 1.807) is 26.4 Å². The molecule has 0 aliphatic rings. The van der Waals surface area contributed by atoms with Crippen molar-refractivity contribution in [2.75, 3.05) is 46.3 Å². The number of nitrogens with zero attached hydrogens (tertiary/aromatic N) is 1. The topological polar surface area (TPSA) is 81.9 Å². The van der Waals surface area contributed by atoms with Crippen LogP contribution in [-0.4, -0.2) is 53.2 Å². The summed E-state index contributed by atoms with van der Waals surface area (Å²) in [7, 11) is -0.438. The van der Waals surface area contributed by atoms with Gasteiger partial charge in [-0.2, -0.15) is 4.31 Å². The molecule has 0 bridgehead atoms. The van der Waals surface area contributed by atoms with Gasteiger partial charge in [-0.15, -0.1) is 0 Å². The van der Waals surface area contributed by atoms with Crippen molar-refractivity contribution < 1.29 is 17.9 Å². The van der Waals surface area contributed by atoms with Crippen LogP contribution >= 0.6 is 0 Å². The lowest BCUT2D eigenvalue weighted by atomic mass is 10.2. The lowest BCUT2D eigenvalue weighted by Gasteiger charge is -2.22. The highest BCUT2D eigenvalue weighted by Gasteiger charge is 2.24. The van der Waals surface area contributed by atoms with Gasteiger partial charge in [0, 0.05) is 39.6 Å². The van der Waals surface area contributed by atoms with Crippen LogP contribution in [-0.2, 0) is 19.5 Å². The standard InChI is InChI=1S/C14H24N2O4S/c1-12-5-6-13(11-14(12)15)21(17,18)16(8-10-20-3)7-4-9-19-2/h5-6,11H,4,7-10,15H2,1-3H3. The summed E-state index contributed by atoms with van der Waals surface area (Å²) in [5, 5.41) is 0. The summed E-state index contributed by atoms with van der Waals surface area (Å²) in [5.41, 5.74) is 7.14. The summed E-state index contributed by atoms with van der Waals surface area (Å²) in [5.74, 6) is 0. The number of ether oxygens (including phenoxy) is 2. The Hall–Kier alpha value is -1.15. The van der Waals surface area contributed by atoms with E-state index in [2.05, 4.69) is 0 Å². The summed E-state index contributed by atoms with van der Waals surface area (Å²) in [6.45, 7) is 3.37. The molecule has 0 aliphatic carbocycles. The van der Waals surface area contributed by atoms with Gasteiger partial charge in [-0.3, -0.25) is 0 Å². The Morgan fingerprint density at radius 3 is 2.38 bits per heavy atom. The van der Waals surface area contributed by atoms with E-state index in [0.29, 0.717) is 38.4 Å². The first-order chi connectivity index (χ1) is 9.93. The fourth-order valence-electron chi connectivity index (χ4n) is 1.86. The van der Waals surface area contributed by atoms with Gasteiger partial charge in [0.2, 0.25) is 10.0 Å². The SMILES string of the molecule is COCCCN(CCOC)S(=O)(=O)c1ccc(C)c(N)c1. The van der Waals surface area contributed by atoms with Crippen molar-refractivity contribution in [3.05, 3.63) is 23.8 Å². The third kappa shape index (κ3) is 4.96. The molecule has 2 N–H and O–H groups in total. The van der Waals surface area contributed by atoms with E-state index in [4.69, 9.17) is 15.2 Å². The van der Waals surface area contributed by atoms with Crippen LogP contribution in [0.4, 0.5) is 5.69 Å². The Morgan fingerprint density at radius 2 is 1.81 bits per heavy atom. The minimum atomic E-state index is -3.58. The van der Waals surface area contributed by atoms with Gasteiger partial charge < -0.3 is 15.2 Å². The number of sulfonamides is 1. The normalized spacial score (nSPS) is 12.0. The van der Waals surface area contributed by atoms with Crippen LogP contribution in [0, 0.1) is 6.92 Å². The fraction of sp³-hybridized carbons (Fsp3) is 0.571. The third-order valence-electron chi connectivity index (χ3n) is 3.19. The van der Waals surface area contributed by atoms with E-state index >= 15 is 0 Å². The predicted molar refractivity (Wildman–Crippen MR) is 82.7 cm³/mol. The zero-order valence-corrected chi connectivity index (χ0v) is 13.6. The van der Waals surface area contributed by atoms with E-state index in [1.807, 2.05) is 6.92 Å². The molecule has 120 valence electrons. The van der Waals surface area contributed by atoms with Crippen molar-refractivity contribution in [3.8, 4) is 0 Å². The molecule has 0 fully saturated rings. The zero-order valence-electron chi connectivity index (χ0n) is 12.8. The Kier molecular flexibility index (Phi) is 7.10. The average Bonchev–Trinajstić information content (AvgIpc) is 2.45. The van der Waals surface area contributed by atoms with E-state index in [9.17, 15) is 8.42 Å². The van der Waals surface area contributed by atoms with Gasteiger partial charge >= 0.3 is 0 Å². The second-order valence-electron chi connectivity index (χ2n) is 4.76. The zero-order chi connectivity index (χ0) is 15.9. The minimum Gasteiger partial charge on any atom is -0.398 e. The molecule has 0 saturated heterocycles.